The summed E-state index contributed by atoms with van der Waals surface area (Å²) in [7, 11) is 0. The minimum Gasteiger partial charge on any atom is -0.396 e. The first-order chi connectivity index (χ1) is 8.58. The molecule has 0 saturated carbocycles. The van der Waals surface area contributed by atoms with Crippen molar-refractivity contribution in [3.63, 3.8) is 0 Å². The lowest BCUT2D eigenvalue weighted by atomic mass is 10.2. The molecule has 0 saturated heterocycles. The van der Waals surface area contributed by atoms with Gasteiger partial charge < -0.3 is 11.1 Å². The van der Waals surface area contributed by atoms with Crippen LogP contribution in [0.4, 0.5) is 11.4 Å². The summed E-state index contributed by atoms with van der Waals surface area (Å²) in [6.45, 7) is 0. The number of halogens is 2. The molecule has 2 aromatic rings. The van der Waals surface area contributed by atoms with Crippen LogP contribution >= 0.6 is 27.5 Å². The van der Waals surface area contributed by atoms with E-state index < -0.39 is 0 Å². The summed E-state index contributed by atoms with van der Waals surface area (Å²) >= 11 is 9.20. The van der Waals surface area contributed by atoms with Gasteiger partial charge in [0.05, 0.1) is 22.6 Å². The Morgan fingerprint density at radius 3 is 2.83 bits per heavy atom. The van der Waals surface area contributed by atoms with Crippen LogP contribution in [0.25, 0.3) is 0 Å². The maximum atomic E-state index is 12.0. The zero-order chi connectivity index (χ0) is 13.1. The minimum atomic E-state index is -0.276. The average Bonchev–Trinajstić information content (AvgIpc) is 2.35. The molecule has 0 aliphatic heterocycles. The Balaban J connectivity index is 2.22. The predicted octanol–water partition coefficient (Wildman–Crippen LogP) is 3.33. The minimum absolute atomic E-state index is 0.276. The lowest BCUT2D eigenvalue weighted by molar-refractivity contribution is 0.102. The van der Waals surface area contributed by atoms with Crippen LogP contribution in [0.2, 0.25) is 5.02 Å². The third kappa shape index (κ3) is 2.80. The fourth-order valence-electron chi connectivity index (χ4n) is 1.35. The Kier molecular flexibility index (Phi) is 3.84. The number of amides is 1. The number of hydrogen-bond acceptors (Lipinski definition) is 3. The van der Waals surface area contributed by atoms with E-state index in [9.17, 15) is 4.79 Å². The maximum absolute atomic E-state index is 12.0. The number of nitrogens with two attached hydrogens (primary N) is 1. The number of aromatic nitrogens is 1. The molecule has 0 bridgehead atoms. The van der Waals surface area contributed by atoms with Gasteiger partial charge >= 0.3 is 0 Å². The molecule has 0 radical (unpaired) electrons. The van der Waals surface area contributed by atoms with E-state index >= 15 is 0 Å². The first-order valence-electron chi connectivity index (χ1n) is 5.04. The molecule has 18 heavy (non-hydrogen) atoms. The summed E-state index contributed by atoms with van der Waals surface area (Å²) in [5, 5.41) is 3.17. The van der Waals surface area contributed by atoms with Gasteiger partial charge in [-0.1, -0.05) is 11.6 Å². The summed E-state index contributed by atoms with van der Waals surface area (Å²) in [5.41, 5.74) is 7.08. The topological polar surface area (TPSA) is 68.0 Å². The number of nitrogens with zero attached hydrogens (tertiary/aromatic N) is 1. The van der Waals surface area contributed by atoms with Crippen LogP contribution in [0.15, 0.2) is 41.1 Å². The van der Waals surface area contributed by atoms with Crippen molar-refractivity contribution in [2.45, 2.75) is 0 Å². The van der Waals surface area contributed by atoms with Gasteiger partial charge in [-0.05, 0) is 40.2 Å². The zero-order valence-corrected chi connectivity index (χ0v) is 11.5. The Hall–Kier alpha value is -1.59. The molecule has 1 aromatic carbocycles. The normalized spacial score (nSPS) is 10.1. The first kappa shape index (κ1) is 12.9. The lowest BCUT2D eigenvalue weighted by Crippen LogP contribution is -2.13. The van der Waals surface area contributed by atoms with E-state index in [0.717, 1.165) is 4.47 Å². The van der Waals surface area contributed by atoms with E-state index in [1.54, 1.807) is 30.5 Å². The van der Waals surface area contributed by atoms with Gasteiger partial charge in [0.1, 0.15) is 0 Å². The van der Waals surface area contributed by atoms with Gasteiger partial charge in [-0.3, -0.25) is 9.78 Å². The molecule has 0 unspecified atom stereocenters. The van der Waals surface area contributed by atoms with Gasteiger partial charge in [-0.25, -0.2) is 0 Å². The van der Waals surface area contributed by atoms with Gasteiger partial charge in [-0.2, -0.15) is 0 Å². The highest BCUT2D eigenvalue weighted by Crippen LogP contribution is 2.24. The van der Waals surface area contributed by atoms with Crippen LogP contribution in [0.3, 0.4) is 0 Å². The van der Waals surface area contributed by atoms with E-state index in [-0.39, 0.29) is 5.91 Å². The van der Waals surface area contributed by atoms with Crippen molar-refractivity contribution in [2.75, 3.05) is 11.1 Å². The molecule has 6 heteroatoms. The summed E-state index contributed by atoms with van der Waals surface area (Å²) in [5.74, 6) is -0.276. The molecule has 4 nitrogen and oxygen atoms in total. The fourth-order valence-corrected chi connectivity index (χ4v) is 1.78. The number of benzene rings is 1. The van der Waals surface area contributed by atoms with Crippen LogP contribution in [0.1, 0.15) is 10.4 Å². The number of carbonyl (C=O) groups is 1. The Morgan fingerprint density at radius 1 is 1.39 bits per heavy atom. The number of nitrogen functional groups attached to an aromatic ring is 1. The third-order valence-corrected chi connectivity index (χ3v) is 3.51. The van der Waals surface area contributed by atoms with Crippen molar-refractivity contribution in [1.29, 1.82) is 0 Å². The number of carbonyl (C=O) groups excluding carboxylic acids is 1. The highest BCUT2D eigenvalue weighted by molar-refractivity contribution is 9.10. The summed E-state index contributed by atoms with van der Waals surface area (Å²) < 4.78 is 0.740. The molecule has 3 N–H and O–H groups in total. The van der Waals surface area contributed by atoms with Crippen molar-refractivity contribution in [2.24, 2.45) is 0 Å². The van der Waals surface area contributed by atoms with Gasteiger partial charge in [0.2, 0.25) is 0 Å². The lowest BCUT2D eigenvalue weighted by Gasteiger charge is -2.08. The van der Waals surface area contributed by atoms with Crippen LogP contribution in [-0.4, -0.2) is 10.9 Å². The van der Waals surface area contributed by atoms with Crippen LogP contribution in [0, 0.1) is 0 Å². The summed E-state index contributed by atoms with van der Waals surface area (Å²) in [6.07, 6.45) is 3.03. The molecule has 92 valence electrons. The second-order valence-corrected chi connectivity index (χ2v) is 4.81. The molecule has 0 aliphatic rings. The van der Waals surface area contributed by atoms with Crippen molar-refractivity contribution in [3.8, 4) is 0 Å². The van der Waals surface area contributed by atoms with Crippen LogP contribution < -0.4 is 11.1 Å². The van der Waals surface area contributed by atoms with E-state index in [1.165, 1.54) is 6.20 Å². The van der Waals surface area contributed by atoms with Gasteiger partial charge in [-0.15, -0.1) is 0 Å². The van der Waals surface area contributed by atoms with E-state index in [0.29, 0.717) is 22.0 Å². The molecule has 1 heterocycles. The highest BCUT2D eigenvalue weighted by Gasteiger charge is 2.09. The molecule has 2 rings (SSSR count). The number of anilines is 2. The smallest absolute Gasteiger partial charge is 0.255 e. The molecule has 1 aromatic heterocycles. The predicted molar refractivity (Wildman–Crippen MR) is 75.8 cm³/mol. The second-order valence-electron chi connectivity index (χ2n) is 3.55. The van der Waals surface area contributed by atoms with E-state index in [1.807, 2.05) is 0 Å². The van der Waals surface area contributed by atoms with E-state index in [2.05, 4.69) is 26.2 Å². The summed E-state index contributed by atoms with van der Waals surface area (Å²) in [6, 6.07) is 6.60. The Bertz CT molecular complexity index is 604. The van der Waals surface area contributed by atoms with Gasteiger partial charge in [0.15, 0.2) is 0 Å². The van der Waals surface area contributed by atoms with Crippen LogP contribution in [-0.2, 0) is 0 Å². The first-order valence-corrected chi connectivity index (χ1v) is 6.21. The van der Waals surface area contributed by atoms with Crippen LogP contribution in [0.5, 0.6) is 0 Å². The van der Waals surface area contributed by atoms with Gasteiger partial charge in [0.25, 0.3) is 5.91 Å². The molecule has 1 amide bonds. The number of hydrogen-bond donors (Lipinski definition) is 2. The SMILES string of the molecule is Nc1cnccc1NC(=O)c1ccc(Br)c(Cl)c1. The summed E-state index contributed by atoms with van der Waals surface area (Å²) in [4.78, 5) is 15.8. The highest BCUT2D eigenvalue weighted by atomic mass is 79.9. The number of pyridine rings is 1. The molecule has 0 atom stereocenters. The number of nitrogens with one attached hydrogen (secondary N) is 1. The Labute approximate surface area is 117 Å². The number of rotatable bonds is 2. The Morgan fingerprint density at radius 2 is 2.17 bits per heavy atom. The maximum Gasteiger partial charge on any atom is 0.255 e. The van der Waals surface area contributed by atoms with E-state index in [4.69, 9.17) is 17.3 Å². The standard InChI is InChI=1S/C12H9BrClN3O/c13-8-2-1-7(5-9(8)14)12(18)17-11-3-4-16-6-10(11)15/h1-6H,15H2,(H,16,17,18). The quantitative estimate of drug-likeness (QED) is 0.889. The van der Waals surface area contributed by atoms with Crippen molar-refractivity contribution in [1.82, 2.24) is 4.98 Å². The fraction of sp³-hybridized carbons (Fsp3) is 0. The monoisotopic (exact) mass is 325 g/mol. The second kappa shape index (κ2) is 5.37. The van der Waals surface area contributed by atoms with Crippen molar-refractivity contribution >= 4 is 44.8 Å². The van der Waals surface area contributed by atoms with Gasteiger partial charge in [0, 0.05) is 16.2 Å². The molecule has 0 aliphatic carbocycles. The van der Waals surface area contributed by atoms with Crippen molar-refractivity contribution in [3.05, 3.63) is 51.7 Å². The zero-order valence-electron chi connectivity index (χ0n) is 9.15. The van der Waals surface area contributed by atoms with Crippen molar-refractivity contribution < 1.29 is 4.79 Å². The molecular weight excluding hydrogens is 318 g/mol. The largest absolute Gasteiger partial charge is 0.396 e. The molecule has 0 fully saturated rings. The third-order valence-electron chi connectivity index (χ3n) is 2.28. The molecular formula is C12H9BrClN3O. The molecule has 0 spiro atoms. The average molecular weight is 327 g/mol.